The Hall–Kier alpha value is -4.93. The molecule has 8 rings (SSSR count). The van der Waals surface area contributed by atoms with Gasteiger partial charge in [0, 0.05) is 0 Å². The predicted octanol–water partition coefficient (Wildman–Crippen LogP) is 9.49. The van der Waals surface area contributed by atoms with Crippen LogP contribution in [0.25, 0.3) is 76.5 Å². The Labute approximate surface area is 208 Å². The summed E-state index contributed by atoms with van der Waals surface area (Å²) in [7, 11) is 0. The van der Waals surface area contributed by atoms with Gasteiger partial charge in [0.1, 0.15) is 0 Å². The second kappa shape index (κ2) is 7.04. The molecule has 36 heavy (non-hydrogen) atoms. The summed E-state index contributed by atoms with van der Waals surface area (Å²) in [5, 5.41) is 19.8. The molecule has 164 valence electrons. The quantitative estimate of drug-likeness (QED) is 0.227. The van der Waals surface area contributed by atoms with Crippen molar-refractivity contribution in [3.8, 4) is 39.4 Å². The zero-order valence-corrected chi connectivity index (χ0v) is 19.4. The van der Waals surface area contributed by atoms with E-state index in [1.54, 1.807) is 0 Å². The zero-order chi connectivity index (χ0) is 23.8. The molecule has 0 aliphatic heterocycles. The van der Waals surface area contributed by atoms with Gasteiger partial charge in [-0.3, -0.25) is 0 Å². The SMILES string of the molecule is N#Cc1cccc(-c2ccc3c4c(cccc24)-c2cc4c5ccccc5c5ccccc5c4cc2-3)c1. The van der Waals surface area contributed by atoms with Crippen molar-refractivity contribution in [2.24, 2.45) is 0 Å². The van der Waals surface area contributed by atoms with Gasteiger partial charge >= 0.3 is 0 Å². The van der Waals surface area contributed by atoms with Gasteiger partial charge in [0.2, 0.25) is 0 Å². The molecule has 0 heterocycles. The van der Waals surface area contributed by atoms with Gasteiger partial charge in [-0.25, -0.2) is 0 Å². The number of benzene rings is 7. The first-order chi connectivity index (χ1) is 17.8. The fraction of sp³-hybridized carbons (Fsp3) is 0. The Bertz CT molecular complexity index is 2020. The van der Waals surface area contributed by atoms with Crippen LogP contribution in [0.1, 0.15) is 5.56 Å². The summed E-state index contributed by atoms with van der Waals surface area (Å²) in [6.45, 7) is 0. The molecule has 0 aromatic heterocycles. The van der Waals surface area contributed by atoms with Gasteiger partial charge in [0.25, 0.3) is 0 Å². The maximum atomic E-state index is 9.43. The molecule has 1 nitrogen and oxygen atoms in total. The van der Waals surface area contributed by atoms with Crippen molar-refractivity contribution in [1.82, 2.24) is 0 Å². The van der Waals surface area contributed by atoms with E-state index < -0.39 is 0 Å². The molecule has 0 radical (unpaired) electrons. The lowest BCUT2D eigenvalue weighted by Crippen LogP contribution is -1.85. The summed E-state index contributed by atoms with van der Waals surface area (Å²) in [5.74, 6) is 0. The molecule has 7 aromatic carbocycles. The summed E-state index contributed by atoms with van der Waals surface area (Å²) in [5.41, 5.74) is 8.10. The Morgan fingerprint density at radius 2 is 0.917 bits per heavy atom. The largest absolute Gasteiger partial charge is 0.192 e. The number of nitrogens with zero attached hydrogens (tertiary/aromatic N) is 1. The average Bonchev–Trinajstić information content (AvgIpc) is 3.27. The van der Waals surface area contributed by atoms with Gasteiger partial charge in [-0.05, 0) is 101 Å². The lowest BCUT2D eigenvalue weighted by atomic mass is 9.90. The normalized spacial score (nSPS) is 11.9. The molecule has 0 bridgehead atoms. The molecule has 1 aliphatic rings. The van der Waals surface area contributed by atoms with Crippen molar-refractivity contribution < 1.29 is 0 Å². The maximum Gasteiger partial charge on any atom is 0.0991 e. The van der Waals surface area contributed by atoms with Gasteiger partial charge in [0.15, 0.2) is 0 Å². The smallest absolute Gasteiger partial charge is 0.0991 e. The van der Waals surface area contributed by atoms with Crippen LogP contribution in [0.2, 0.25) is 0 Å². The third-order valence-corrected chi connectivity index (χ3v) is 7.81. The van der Waals surface area contributed by atoms with E-state index in [9.17, 15) is 5.26 Å². The van der Waals surface area contributed by atoms with Crippen LogP contribution in [0.4, 0.5) is 0 Å². The lowest BCUT2D eigenvalue weighted by molar-refractivity contribution is 1.48. The number of hydrogen-bond acceptors (Lipinski definition) is 1. The highest BCUT2D eigenvalue weighted by atomic mass is 14.3. The average molecular weight is 454 g/mol. The predicted molar refractivity (Wildman–Crippen MR) is 151 cm³/mol. The minimum Gasteiger partial charge on any atom is -0.192 e. The molecule has 7 aromatic rings. The fourth-order valence-electron chi connectivity index (χ4n) is 6.26. The van der Waals surface area contributed by atoms with E-state index in [0.29, 0.717) is 5.56 Å². The molecule has 0 spiro atoms. The van der Waals surface area contributed by atoms with Crippen molar-refractivity contribution in [3.05, 3.63) is 121 Å². The second-order valence-corrected chi connectivity index (χ2v) is 9.62. The third-order valence-electron chi connectivity index (χ3n) is 7.81. The van der Waals surface area contributed by atoms with Crippen LogP contribution >= 0.6 is 0 Å². The fourth-order valence-corrected chi connectivity index (χ4v) is 6.26. The van der Waals surface area contributed by atoms with E-state index in [2.05, 4.69) is 103 Å². The van der Waals surface area contributed by atoms with Gasteiger partial charge in [0.05, 0.1) is 11.6 Å². The molecular formula is C35H19N. The summed E-state index contributed by atoms with van der Waals surface area (Å²) in [6, 6.07) is 43.6. The highest BCUT2D eigenvalue weighted by Crippen LogP contribution is 2.51. The maximum absolute atomic E-state index is 9.43. The molecule has 0 unspecified atom stereocenters. The van der Waals surface area contributed by atoms with E-state index in [4.69, 9.17) is 0 Å². The Balaban J connectivity index is 1.49. The van der Waals surface area contributed by atoms with Crippen LogP contribution < -0.4 is 0 Å². The monoisotopic (exact) mass is 453 g/mol. The minimum atomic E-state index is 0.684. The molecule has 0 atom stereocenters. The van der Waals surface area contributed by atoms with Crippen LogP contribution in [0.5, 0.6) is 0 Å². The Kier molecular flexibility index (Phi) is 3.79. The first-order valence-corrected chi connectivity index (χ1v) is 12.3. The summed E-state index contributed by atoms with van der Waals surface area (Å²) < 4.78 is 0. The van der Waals surface area contributed by atoms with Gasteiger partial charge in [-0.1, -0.05) is 91.0 Å². The van der Waals surface area contributed by atoms with Crippen LogP contribution in [0, 0.1) is 11.3 Å². The Morgan fingerprint density at radius 3 is 1.56 bits per heavy atom. The number of hydrogen-bond donors (Lipinski definition) is 0. The van der Waals surface area contributed by atoms with Crippen LogP contribution in [-0.4, -0.2) is 0 Å². The van der Waals surface area contributed by atoms with Crippen molar-refractivity contribution in [2.75, 3.05) is 0 Å². The van der Waals surface area contributed by atoms with E-state index >= 15 is 0 Å². The molecule has 0 fully saturated rings. The molecule has 1 aliphatic carbocycles. The van der Waals surface area contributed by atoms with E-state index in [1.165, 1.54) is 70.9 Å². The van der Waals surface area contributed by atoms with Crippen LogP contribution in [0.3, 0.4) is 0 Å². The Morgan fingerprint density at radius 1 is 0.389 bits per heavy atom. The molecule has 0 saturated heterocycles. The van der Waals surface area contributed by atoms with Crippen molar-refractivity contribution in [3.63, 3.8) is 0 Å². The minimum absolute atomic E-state index is 0.684. The van der Waals surface area contributed by atoms with Gasteiger partial charge in [-0.2, -0.15) is 5.26 Å². The summed E-state index contributed by atoms with van der Waals surface area (Å²) >= 11 is 0. The number of fused-ring (bicyclic) bond motifs is 9. The summed E-state index contributed by atoms with van der Waals surface area (Å²) in [4.78, 5) is 0. The van der Waals surface area contributed by atoms with Crippen LogP contribution in [0.15, 0.2) is 115 Å². The third kappa shape index (κ3) is 2.48. The molecule has 0 N–H and O–H groups in total. The van der Waals surface area contributed by atoms with E-state index in [-0.39, 0.29) is 0 Å². The van der Waals surface area contributed by atoms with Crippen molar-refractivity contribution in [2.45, 2.75) is 0 Å². The van der Waals surface area contributed by atoms with Gasteiger partial charge < -0.3 is 0 Å². The van der Waals surface area contributed by atoms with Gasteiger partial charge in [-0.15, -0.1) is 0 Å². The van der Waals surface area contributed by atoms with Crippen LogP contribution in [-0.2, 0) is 0 Å². The second-order valence-electron chi connectivity index (χ2n) is 9.62. The highest BCUT2D eigenvalue weighted by molar-refractivity contribution is 6.29. The standard InChI is InChI=1S/C35H19N/c36-20-21-7-5-8-22(17-21)23-15-16-30-34-19-32-27-12-4-2-10-25(27)24-9-1-3-11-26(24)31(32)18-33(34)29-14-6-13-28(23)35(29)30/h1-19H. The highest BCUT2D eigenvalue weighted by Gasteiger charge is 2.24. The molecule has 0 amide bonds. The number of rotatable bonds is 1. The first kappa shape index (κ1) is 19.4. The molecular weight excluding hydrogens is 434 g/mol. The van der Waals surface area contributed by atoms with Crippen molar-refractivity contribution >= 4 is 43.1 Å². The first-order valence-electron chi connectivity index (χ1n) is 12.3. The number of nitriles is 1. The van der Waals surface area contributed by atoms with E-state index in [0.717, 1.165) is 5.56 Å². The zero-order valence-electron chi connectivity index (χ0n) is 19.4. The lowest BCUT2D eigenvalue weighted by Gasteiger charge is -2.13. The topological polar surface area (TPSA) is 23.8 Å². The molecule has 0 saturated carbocycles. The van der Waals surface area contributed by atoms with Crippen molar-refractivity contribution in [1.29, 1.82) is 5.26 Å². The molecule has 1 heteroatoms. The van der Waals surface area contributed by atoms with E-state index in [1.807, 2.05) is 18.2 Å². The summed E-state index contributed by atoms with van der Waals surface area (Å²) in [6.07, 6.45) is 0.